The summed E-state index contributed by atoms with van der Waals surface area (Å²) in [4.78, 5) is 24.8. The molecule has 10 aromatic rings. The fraction of sp³-hybridized carbons (Fsp3) is 0. The van der Waals surface area contributed by atoms with Crippen LogP contribution in [-0.4, -0.2) is 24.9 Å². The fourth-order valence-corrected chi connectivity index (χ4v) is 7.32. The summed E-state index contributed by atoms with van der Waals surface area (Å²) in [6.45, 7) is 0. The van der Waals surface area contributed by atoms with Gasteiger partial charge in [-0.15, -0.1) is 0 Å². The summed E-state index contributed by atoms with van der Waals surface area (Å²) < 4.78 is 0. The topological polar surface area (TPSA) is 64.5 Å². The Kier molecular flexibility index (Phi) is 8.43. The van der Waals surface area contributed by atoms with Crippen molar-refractivity contribution in [2.45, 2.75) is 0 Å². The zero-order valence-corrected chi connectivity index (χ0v) is 30.3. The first-order valence-corrected chi connectivity index (χ1v) is 18.7. The number of para-hydroxylation sites is 1. The van der Waals surface area contributed by atoms with Crippen LogP contribution in [0.3, 0.4) is 0 Å². The van der Waals surface area contributed by atoms with Crippen molar-refractivity contribution < 1.29 is 0 Å². The monoisotopic (exact) mass is 715 g/mol. The summed E-state index contributed by atoms with van der Waals surface area (Å²) in [7, 11) is 0. The average molecular weight is 716 g/mol. The maximum absolute atomic E-state index is 5.09. The van der Waals surface area contributed by atoms with E-state index in [-0.39, 0.29) is 0 Å². The minimum absolute atomic E-state index is 0.625. The Hall–Kier alpha value is -7.63. The largest absolute Gasteiger partial charge is 0.255 e. The van der Waals surface area contributed by atoms with Gasteiger partial charge < -0.3 is 0 Å². The normalized spacial score (nSPS) is 11.2. The van der Waals surface area contributed by atoms with Crippen LogP contribution >= 0.6 is 0 Å². The molecule has 10 rings (SSSR count). The predicted octanol–water partition coefficient (Wildman–Crippen LogP) is 12.6. The molecule has 0 unspecified atom stereocenters. The molecule has 0 radical (unpaired) electrons. The molecule has 0 spiro atoms. The number of pyridine rings is 2. The number of rotatable bonds is 7. The molecule has 5 nitrogen and oxygen atoms in total. The van der Waals surface area contributed by atoms with Crippen molar-refractivity contribution in [3.8, 4) is 78.9 Å². The SMILES string of the molecule is c1ccc(-c2ccc(-c3nc(-c4ccccc4)nc(-c4ccc(-c5cccc(-c6ccnc(-c7nc8ccccc8c8ccccc78)c6)c5)cc4)n3)cc2)cc1. The molecule has 0 aliphatic carbocycles. The summed E-state index contributed by atoms with van der Waals surface area (Å²) in [5.41, 5.74) is 12.2. The van der Waals surface area contributed by atoms with Gasteiger partial charge in [0.15, 0.2) is 17.5 Å². The van der Waals surface area contributed by atoms with E-state index < -0.39 is 0 Å². The standard InChI is InChI=1S/C51H33N5/c1-3-12-34(13-4-1)35-22-26-38(27-23-35)50-54-49(37-14-5-2-6-15-37)55-51(56-50)39-28-24-36(25-29-39)40-16-11-17-41(32-40)42-30-31-52-47(33-42)48-45-20-8-7-18-43(45)44-19-9-10-21-46(44)53-48/h1-33H. The highest BCUT2D eigenvalue weighted by Gasteiger charge is 2.15. The second-order valence-electron chi connectivity index (χ2n) is 13.7. The molecule has 0 amide bonds. The van der Waals surface area contributed by atoms with E-state index in [1.807, 2.05) is 48.7 Å². The minimum Gasteiger partial charge on any atom is -0.255 e. The summed E-state index contributed by atoms with van der Waals surface area (Å²) >= 11 is 0. The van der Waals surface area contributed by atoms with Crippen LogP contribution in [0.4, 0.5) is 0 Å². The molecule has 0 saturated carbocycles. The number of hydrogen-bond donors (Lipinski definition) is 0. The molecule has 0 aliphatic heterocycles. The Labute approximate surface area is 324 Å². The molecule has 0 N–H and O–H groups in total. The lowest BCUT2D eigenvalue weighted by atomic mass is 9.97. The molecule has 3 heterocycles. The highest BCUT2D eigenvalue weighted by molar-refractivity contribution is 6.10. The third kappa shape index (κ3) is 6.37. The van der Waals surface area contributed by atoms with Gasteiger partial charge in [-0.05, 0) is 63.0 Å². The van der Waals surface area contributed by atoms with Crippen LogP contribution in [0.25, 0.3) is 101 Å². The van der Waals surface area contributed by atoms with E-state index in [0.717, 1.165) is 72.2 Å². The van der Waals surface area contributed by atoms with Crippen molar-refractivity contribution in [3.05, 3.63) is 200 Å². The van der Waals surface area contributed by atoms with Gasteiger partial charge in [0.2, 0.25) is 0 Å². The minimum atomic E-state index is 0.625. The lowest BCUT2D eigenvalue weighted by molar-refractivity contribution is 1.07. The number of nitrogens with zero attached hydrogens (tertiary/aromatic N) is 5. The fourth-order valence-electron chi connectivity index (χ4n) is 7.32. The first-order chi connectivity index (χ1) is 27.7. The van der Waals surface area contributed by atoms with Gasteiger partial charge >= 0.3 is 0 Å². The molecule has 262 valence electrons. The second kappa shape index (κ2) is 14.3. The maximum atomic E-state index is 5.09. The number of aromatic nitrogens is 5. The van der Waals surface area contributed by atoms with Crippen molar-refractivity contribution >= 4 is 21.7 Å². The first-order valence-electron chi connectivity index (χ1n) is 18.7. The van der Waals surface area contributed by atoms with E-state index in [2.05, 4.69) is 152 Å². The van der Waals surface area contributed by atoms with Crippen LogP contribution in [0.2, 0.25) is 0 Å². The van der Waals surface area contributed by atoms with Crippen molar-refractivity contribution in [2.24, 2.45) is 0 Å². The Morgan fingerprint density at radius 2 is 0.696 bits per heavy atom. The average Bonchev–Trinajstić information content (AvgIpc) is 3.29. The van der Waals surface area contributed by atoms with Gasteiger partial charge in [0.25, 0.3) is 0 Å². The van der Waals surface area contributed by atoms with Gasteiger partial charge in [-0.25, -0.2) is 19.9 Å². The molecule has 0 bridgehead atoms. The van der Waals surface area contributed by atoms with Crippen molar-refractivity contribution in [2.75, 3.05) is 0 Å². The molecule has 5 heteroatoms. The quantitative estimate of drug-likeness (QED) is 0.154. The van der Waals surface area contributed by atoms with Gasteiger partial charge in [-0.2, -0.15) is 0 Å². The Bertz CT molecular complexity index is 3000. The van der Waals surface area contributed by atoms with Gasteiger partial charge in [0, 0.05) is 33.7 Å². The van der Waals surface area contributed by atoms with E-state index in [1.165, 1.54) is 10.9 Å². The van der Waals surface area contributed by atoms with Gasteiger partial charge in [0.05, 0.1) is 16.9 Å². The van der Waals surface area contributed by atoms with Crippen LogP contribution in [-0.2, 0) is 0 Å². The van der Waals surface area contributed by atoms with Gasteiger partial charge in [0.1, 0.15) is 0 Å². The Balaban J connectivity index is 0.975. The van der Waals surface area contributed by atoms with Gasteiger partial charge in [-0.1, -0.05) is 170 Å². The summed E-state index contributed by atoms with van der Waals surface area (Å²) in [6, 6.07) is 66.9. The molecular weight excluding hydrogens is 683 g/mol. The van der Waals surface area contributed by atoms with Crippen molar-refractivity contribution in [1.82, 2.24) is 24.9 Å². The maximum Gasteiger partial charge on any atom is 0.164 e. The summed E-state index contributed by atoms with van der Waals surface area (Å²) in [5.74, 6) is 1.90. The Morgan fingerprint density at radius 1 is 0.268 bits per heavy atom. The van der Waals surface area contributed by atoms with E-state index >= 15 is 0 Å². The molecule has 7 aromatic carbocycles. The smallest absolute Gasteiger partial charge is 0.164 e. The molecule has 0 fully saturated rings. The molecule has 0 atom stereocenters. The van der Waals surface area contributed by atoms with Gasteiger partial charge in [-0.3, -0.25) is 4.98 Å². The van der Waals surface area contributed by atoms with Crippen LogP contribution < -0.4 is 0 Å². The second-order valence-corrected chi connectivity index (χ2v) is 13.7. The predicted molar refractivity (Wildman–Crippen MR) is 228 cm³/mol. The van der Waals surface area contributed by atoms with E-state index in [0.29, 0.717) is 17.5 Å². The zero-order valence-electron chi connectivity index (χ0n) is 30.3. The molecule has 56 heavy (non-hydrogen) atoms. The molecular formula is C51H33N5. The van der Waals surface area contributed by atoms with Crippen molar-refractivity contribution in [1.29, 1.82) is 0 Å². The Morgan fingerprint density at radius 3 is 1.34 bits per heavy atom. The van der Waals surface area contributed by atoms with E-state index in [1.54, 1.807) is 0 Å². The highest BCUT2D eigenvalue weighted by Crippen LogP contribution is 2.35. The van der Waals surface area contributed by atoms with Crippen LogP contribution in [0.5, 0.6) is 0 Å². The molecule has 0 aliphatic rings. The van der Waals surface area contributed by atoms with Crippen molar-refractivity contribution in [3.63, 3.8) is 0 Å². The molecule has 0 saturated heterocycles. The zero-order chi connectivity index (χ0) is 37.3. The first kappa shape index (κ1) is 33.0. The third-order valence-electron chi connectivity index (χ3n) is 10.2. The number of benzene rings is 7. The number of hydrogen-bond acceptors (Lipinski definition) is 5. The summed E-state index contributed by atoms with van der Waals surface area (Å²) in [5, 5.41) is 3.41. The van der Waals surface area contributed by atoms with E-state index in [4.69, 9.17) is 24.9 Å². The van der Waals surface area contributed by atoms with Crippen LogP contribution in [0.15, 0.2) is 200 Å². The van der Waals surface area contributed by atoms with Crippen LogP contribution in [0, 0.1) is 0 Å². The lowest BCUT2D eigenvalue weighted by Crippen LogP contribution is -2.00. The van der Waals surface area contributed by atoms with E-state index in [9.17, 15) is 0 Å². The highest BCUT2D eigenvalue weighted by atomic mass is 15.0. The summed E-state index contributed by atoms with van der Waals surface area (Å²) in [6.07, 6.45) is 1.88. The lowest BCUT2D eigenvalue weighted by Gasteiger charge is -2.11. The third-order valence-corrected chi connectivity index (χ3v) is 10.2. The number of fused-ring (bicyclic) bond motifs is 3. The van der Waals surface area contributed by atoms with Crippen LogP contribution in [0.1, 0.15) is 0 Å². The molecule has 3 aromatic heterocycles.